The second-order valence-corrected chi connectivity index (χ2v) is 8.18. The van der Waals surface area contributed by atoms with Crippen LogP contribution in [0.5, 0.6) is 0 Å². The van der Waals surface area contributed by atoms with Gasteiger partial charge in [0.25, 0.3) is 0 Å². The number of hydrogen-bond donors (Lipinski definition) is 1. The molecule has 2 aliphatic carbocycles. The topological polar surface area (TPSA) is 32.3 Å². The molecule has 0 radical (unpaired) electrons. The summed E-state index contributed by atoms with van der Waals surface area (Å²) in [6.07, 6.45) is 14.6. The Morgan fingerprint density at radius 1 is 1.00 bits per heavy atom. The molecule has 3 nitrogen and oxygen atoms in total. The third-order valence-corrected chi connectivity index (χ3v) is 6.83. The van der Waals surface area contributed by atoms with Crippen molar-refractivity contribution in [2.24, 2.45) is 11.3 Å². The van der Waals surface area contributed by atoms with Gasteiger partial charge in [-0.1, -0.05) is 32.1 Å². The molecule has 0 aromatic rings. The molecular formula is C18H30N2O. The Morgan fingerprint density at radius 2 is 1.81 bits per heavy atom. The number of nitrogens with one attached hydrogen (secondary N) is 1. The van der Waals surface area contributed by atoms with E-state index in [2.05, 4.69) is 10.2 Å². The number of carbonyl (C=O) groups is 1. The number of amides is 1. The van der Waals surface area contributed by atoms with Crippen LogP contribution in [-0.2, 0) is 4.79 Å². The number of hydrogen-bond acceptors (Lipinski definition) is 2. The first kappa shape index (κ1) is 14.0. The van der Waals surface area contributed by atoms with Crippen molar-refractivity contribution in [3.8, 4) is 0 Å². The van der Waals surface area contributed by atoms with E-state index in [4.69, 9.17) is 0 Å². The van der Waals surface area contributed by atoms with E-state index in [0.717, 1.165) is 25.4 Å². The number of rotatable bonds is 1. The van der Waals surface area contributed by atoms with Crippen LogP contribution in [0, 0.1) is 11.3 Å². The zero-order valence-electron chi connectivity index (χ0n) is 13.3. The largest absolute Gasteiger partial charge is 0.341 e. The predicted molar refractivity (Wildman–Crippen MR) is 84.0 cm³/mol. The molecule has 0 bridgehead atoms. The molecule has 21 heavy (non-hydrogen) atoms. The van der Waals surface area contributed by atoms with Crippen LogP contribution >= 0.6 is 0 Å². The van der Waals surface area contributed by atoms with Gasteiger partial charge in [0.2, 0.25) is 5.91 Å². The van der Waals surface area contributed by atoms with Gasteiger partial charge in [0.15, 0.2) is 0 Å². The molecule has 2 aliphatic heterocycles. The predicted octanol–water partition coefficient (Wildman–Crippen LogP) is 3.09. The van der Waals surface area contributed by atoms with E-state index in [0.29, 0.717) is 17.4 Å². The normalized spacial score (nSPS) is 38.7. The van der Waals surface area contributed by atoms with E-state index in [-0.39, 0.29) is 6.04 Å². The Kier molecular flexibility index (Phi) is 3.72. The summed E-state index contributed by atoms with van der Waals surface area (Å²) in [5.74, 6) is 1.20. The highest BCUT2D eigenvalue weighted by Gasteiger charge is 2.44. The molecular weight excluding hydrogens is 260 g/mol. The van der Waals surface area contributed by atoms with E-state index >= 15 is 0 Å². The first-order chi connectivity index (χ1) is 10.3. The maximum Gasteiger partial charge on any atom is 0.239 e. The van der Waals surface area contributed by atoms with Crippen LogP contribution in [0.1, 0.15) is 70.6 Å². The lowest BCUT2D eigenvalue weighted by Crippen LogP contribution is -2.45. The minimum Gasteiger partial charge on any atom is -0.341 e. The van der Waals surface area contributed by atoms with Gasteiger partial charge in [-0.05, 0) is 49.9 Å². The molecule has 118 valence electrons. The first-order valence-electron chi connectivity index (χ1n) is 9.31. The van der Waals surface area contributed by atoms with Gasteiger partial charge in [0, 0.05) is 19.1 Å². The van der Waals surface area contributed by atoms with Crippen molar-refractivity contribution in [1.29, 1.82) is 0 Å². The Balaban J connectivity index is 1.37. The second kappa shape index (κ2) is 5.57. The third kappa shape index (κ3) is 2.62. The summed E-state index contributed by atoms with van der Waals surface area (Å²) >= 11 is 0. The summed E-state index contributed by atoms with van der Waals surface area (Å²) in [7, 11) is 0. The van der Waals surface area contributed by atoms with Crippen LogP contribution in [0.2, 0.25) is 0 Å². The lowest BCUT2D eigenvalue weighted by molar-refractivity contribution is -0.132. The highest BCUT2D eigenvalue weighted by atomic mass is 16.2. The number of fused-ring (bicyclic) bond motifs is 1. The fraction of sp³-hybridized carbons (Fsp3) is 0.944. The van der Waals surface area contributed by atoms with Crippen LogP contribution in [0.25, 0.3) is 0 Å². The van der Waals surface area contributed by atoms with Crippen molar-refractivity contribution < 1.29 is 4.79 Å². The fourth-order valence-corrected chi connectivity index (χ4v) is 5.56. The molecule has 2 saturated heterocycles. The smallest absolute Gasteiger partial charge is 0.239 e. The molecule has 0 aromatic heterocycles. The van der Waals surface area contributed by atoms with Gasteiger partial charge in [-0.25, -0.2) is 0 Å². The molecule has 4 fully saturated rings. The standard InChI is InChI=1S/C18H30N2O/c21-17(16-12-14-6-2-3-7-15(14)19-16)20-11-10-18(13-20)8-4-1-5-9-18/h14-16,19H,1-13H2. The van der Waals surface area contributed by atoms with E-state index in [1.807, 2.05) is 0 Å². The third-order valence-electron chi connectivity index (χ3n) is 6.83. The summed E-state index contributed by atoms with van der Waals surface area (Å²) in [5.41, 5.74) is 0.499. The Morgan fingerprint density at radius 3 is 2.62 bits per heavy atom. The monoisotopic (exact) mass is 290 g/mol. The maximum absolute atomic E-state index is 12.9. The quantitative estimate of drug-likeness (QED) is 0.805. The van der Waals surface area contributed by atoms with Gasteiger partial charge >= 0.3 is 0 Å². The van der Waals surface area contributed by atoms with Crippen molar-refractivity contribution in [3.63, 3.8) is 0 Å². The number of likely N-dealkylation sites (tertiary alicyclic amines) is 1. The van der Waals surface area contributed by atoms with E-state index in [9.17, 15) is 4.79 Å². The minimum atomic E-state index is 0.136. The molecule has 1 N–H and O–H groups in total. The Bertz CT molecular complexity index is 388. The number of carbonyl (C=O) groups excluding carboxylic acids is 1. The molecule has 3 unspecified atom stereocenters. The van der Waals surface area contributed by atoms with Crippen molar-refractivity contribution in [2.75, 3.05) is 13.1 Å². The molecule has 2 heterocycles. The van der Waals surface area contributed by atoms with Gasteiger partial charge in [-0.3, -0.25) is 4.79 Å². The van der Waals surface area contributed by atoms with Crippen LogP contribution in [0.15, 0.2) is 0 Å². The van der Waals surface area contributed by atoms with E-state index < -0.39 is 0 Å². The first-order valence-corrected chi connectivity index (χ1v) is 9.31. The van der Waals surface area contributed by atoms with Crippen molar-refractivity contribution in [1.82, 2.24) is 10.2 Å². The van der Waals surface area contributed by atoms with E-state index in [1.54, 1.807) is 0 Å². The van der Waals surface area contributed by atoms with Crippen molar-refractivity contribution in [2.45, 2.75) is 82.7 Å². The molecule has 4 aliphatic rings. The summed E-state index contributed by atoms with van der Waals surface area (Å²) in [5, 5.41) is 3.67. The lowest BCUT2D eigenvalue weighted by atomic mass is 9.73. The second-order valence-electron chi connectivity index (χ2n) is 8.18. The lowest BCUT2D eigenvalue weighted by Gasteiger charge is -2.33. The van der Waals surface area contributed by atoms with Gasteiger partial charge in [-0.2, -0.15) is 0 Å². The molecule has 2 saturated carbocycles. The zero-order chi connectivity index (χ0) is 14.3. The molecule has 3 heteroatoms. The van der Waals surface area contributed by atoms with Crippen molar-refractivity contribution >= 4 is 5.91 Å². The van der Waals surface area contributed by atoms with Crippen LogP contribution in [0.3, 0.4) is 0 Å². The SMILES string of the molecule is O=C(C1CC2CCCCC2N1)N1CCC2(CCCCC2)C1. The number of nitrogens with zero attached hydrogens (tertiary/aromatic N) is 1. The van der Waals surface area contributed by atoms with Gasteiger partial charge in [0.1, 0.15) is 0 Å². The summed E-state index contributed by atoms with van der Waals surface area (Å²) in [4.78, 5) is 15.1. The van der Waals surface area contributed by atoms with Crippen molar-refractivity contribution in [3.05, 3.63) is 0 Å². The molecule has 3 atom stereocenters. The van der Waals surface area contributed by atoms with Crippen LogP contribution in [0.4, 0.5) is 0 Å². The molecule has 0 aromatic carbocycles. The van der Waals surface area contributed by atoms with Gasteiger partial charge in [-0.15, -0.1) is 0 Å². The zero-order valence-corrected chi connectivity index (χ0v) is 13.3. The average Bonchev–Trinajstić information content (AvgIpc) is 3.12. The minimum absolute atomic E-state index is 0.136. The van der Waals surface area contributed by atoms with E-state index in [1.165, 1.54) is 64.2 Å². The molecule has 1 spiro atoms. The maximum atomic E-state index is 12.9. The summed E-state index contributed by atoms with van der Waals surface area (Å²) < 4.78 is 0. The van der Waals surface area contributed by atoms with Gasteiger partial charge in [0.05, 0.1) is 6.04 Å². The highest BCUT2D eigenvalue weighted by Crippen LogP contribution is 2.44. The van der Waals surface area contributed by atoms with Crippen LogP contribution < -0.4 is 5.32 Å². The average molecular weight is 290 g/mol. The summed E-state index contributed by atoms with van der Waals surface area (Å²) in [6.45, 7) is 2.08. The summed E-state index contributed by atoms with van der Waals surface area (Å²) in [6, 6.07) is 0.774. The Labute approximate surface area is 128 Å². The fourth-order valence-electron chi connectivity index (χ4n) is 5.56. The van der Waals surface area contributed by atoms with Crippen LogP contribution in [-0.4, -0.2) is 36.0 Å². The molecule has 4 rings (SSSR count). The Hall–Kier alpha value is -0.570. The van der Waals surface area contributed by atoms with Gasteiger partial charge < -0.3 is 10.2 Å². The highest BCUT2D eigenvalue weighted by molar-refractivity contribution is 5.82. The molecule has 1 amide bonds.